The molecule has 2 saturated carbocycles. The van der Waals surface area contributed by atoms with Crippen LogP contribution in [0.1, 0.15) is 62.8 Å². The summed E-state index contributed by atoms with van der Waals surface area (Å²) in [5.41, 5.74) is 1.50. The van der Waals surface area contributed by atoms with E-state index in [9.17, 15) is 4.79 Å². The van der Waals surface area contributed by atoms with Crippen LogP contribution in [-0.4, -0.2) is 28.8 Å². The van der Waals surface area contributed by atoms with E-state index in [4.69, 9.17) is 9.26 Å². The Morgan fingerprint density at radius 2 is 1.76 bits per heavy atom. The minimum atomic E-state index is -0.519. The SMILES string of the molecule is C=CC1C[C@H](OC(=O)C2(c3ccccc3)CCCCCC2)C1CCNCc1noc(-c2ccccc2)n1. The van der Waals surface area contributed by atoms with Gasteiger partial charge >= 0.3 is 5.97 Å². The topological polar surface area (TPSA) is 77.2 Å². The number of ether oxygens (including phenoxy) is 1. The van der Waals surface area contributed by atoms with Crippen LogP contribution in [0.15, 0.2) is 77.8 Å². The predicted octanol–water partition coefficient (Wildman–Crippen LogP) is 6.24. The second-order valence-corrected chi connectivity index (χ2v) is 10.5. The highest BCUT2D eigenvalue weighted by Crippen LogP contribution is 2.44. The van der Waals surface area contributed by atoms with Crippen LogP contribution >= 0.6 is 0 Å². The third kappa shape index (κ3) is 5.69. The summed E-state index contributed by atoms with van der Waals surface area (Å²) in [7, 11) is 0. The molecular formula is C31H37N3O3. The number of benzene rings is 2. The molecule has 2 unspecified atom stereocenters. The zero-order valence-corrected chi connectivity index (χ0v) is 21.5. The van der Waals surface area contributed by atoms with Gasteiger partial charge in [-0.05, 0) is 55.8 Å². The van der Waals surface area contributed by atoms with Crippen LogP contribution in [-0.2, 0) is 21.5 Å². The van der Waals surface area contributed by atoms with Gasteiger partial charge in [-0.25, -0.2) is 0 Å². The maximum Gasteiger partial charge on any atom is 0.316 e. The maximum absolute atomic E-state index is 13.8. The van der Waals surface area contributed by atoms with E-state index in [-0.39, 0.29) is 18.0 Å². The first kappa shape index (κ1) is 25.4. The molecule has 1 aromatic heterocycles. The molecular weight excluding hydrogens is 462 g/mol. The Morgan fingerprint density at radius 1 is 1.05 bits per heavy atom. The summed E-state index contributed by atoms with van der Waals surface area (Å²) in [6, 6.07) is 20.1. The summed E-state index contributed by atoms with van der Waals surface area (Å²) in [5, 5.41) is 7.52. The molecule has 0 spiro atoms. The summed E-state index contributed by atoms with van der Waals surface area (Å²) < 4.78 is 11.7. The quantitative estimate of drug-likeness (QED) is 0.154. The van der Waals surface area contributed by atoms with Gasteiger partial charge in [-0.15, -0.1) is 6.58 Å². The van der Waals surface area contributed by atoms with Crippen molar-refractivity contribution < 1.29 is 14.1 Å². The molecule has 3 atom stereocenters. The molecule has 1 N–H and O–H groups in total. The van der Waals surface area contributed by atoms with Crippen molar-refractivity contribution >= 4 is 5.97 Å². The highest BCUT2D eigenvalue weighted by molar-refractivity contribution is 5.83. The molecule has 2 fully saturated rings. The number of nitrogens with one attached hydrogen (secondary N) is 1. The number of hydrogen-bond donors (Lipinski definition) is 1. The van der Waals surface area contributed by atoms with Crippen LogP contribution in [0.3, 0.4) is 0 Å². The minimum absolute atomic E-state index is 0.0358. The fourth-order valence-corrected chi connectivity index (χ4v) is 5.95. The number of esters is 1. The zero-order chi connectivity index (χ0) is 25.5. The Balaban J connectivity index is 1.17. The molecule has 194 valence electrons. The Labute approximate surface area is 219 Å². The first-order valence-electron chi connectivity index (χ1n) is 13.7. The second-order valence-electron chi connectivity index (χ2n) is 10.5. The van der Waals surface area contributed by atoms with Gasteiger partial charge in [0.15, 0.2) is 5.82 Å². The lowest BCUT2D eigenvalue weighted by Gasteiger charge is -2.44. The van der Waals surface area contributed by atoms with E-state index >= 15 is 0 Å². The summed E-state index contributed by atoms with van der Waals surface area (Å²) in [4.78, 5) is 18.2. The van der Waals surface area contributed by atoms with Gasteiger partial charge in [0, 0.05) is 11.5 Å². The van der Waals surface area contributed by atoms with Gasteiger partial charge < -0.3 is 14.6 Å². The molecule has 2 aromatic carbocycles. The normalized spacial score (nSPS) is 23.0. The number of aromatic nitrogens is 2. The lowest BCUT2D eigenvalue weighted by molar-refractivity contribution is -0.169. The van der Waals surface area contributed by atoms with Crippen LogP contribution < -0.4 is 5.32 Å². The molecule has 6 nitrogen and oxygen atoms in total. The average Bonchev–Trinajstić information content (AvgIpc) is 3.26. The molecule has 2 aliphatic carbocycles. The molecule has 0 radical (unpaired) electrons. The second kappa shape index (κ2) is 11.9. The molecule has 6 heteroatoms. The van der Waals surface area contributed by atoms with Crippen molar-refractivity contribution in [2.75, 3.05) is 6.54 Å². The van der Waals surface area contributed by atoms with Crippen molar-refractivity contribution in [3.05, 3.63) is 84.7 Å². The molecule has 0 aliphatic heterocycles. The van der Waals surface area contributed by atoms with E-state index in [1.54, 1.807) is 0 Å². The number of carbonyl (C=O) groups excluding carboxylic acids is 1. The molecule has 37 heavy (non-hydrogen) atoms. The fraction of sp³-hybridized carbons (Fsp3) is 0.452. The minimum Gasteiger partial charge on any atom is -0.461 e. The van der Waals surface area contributed by atoms with E-state index in [1.807, 2.05) is 54.6 Å². The number of nitrogens with zero attached hydrogens (tertiary/aromatic N) is 2. The first-order valence-corrected chi connectivity index (χ1v) is 13.7. The van der Waals surface area contributed by atoms with Gasteiger partial charge in [0.1, 0.15) is 6.10 Å². The van der Waals surface area contributed by atoms with Crippen LogP contribution in [0, 0.1) is 11.8 Å². The van der Waals surface area contributed by atoms with Gasteiger partial charge in [0.25, 0.3) is 5.89 Å². The molecule has 0 bridgehead atoms. The van der Waals surface area contributed by atoms with Gasteiger partial charge in [-0.1, -0.05) is 85.4 Å². The largest absolute Gasteiger partial charge is 0.461 e. The molecule has 3 aromatic rings. The number of carbonyl (C=O) groups is 1. The Hall–Kier alpha value is -3.25. The zero-order valence-electron chi connectivity index (χ0n) is 21.5. The van der Waals surface area contributed by atoms with Gasteiger partial charge in [-0.2, -0.15) is 4.98 Å². The van der Waals surface area contributed by atoms with Crippen molar-refractivity contribution in [3.63, 3.8) is 0 Å². The summed E-state index contributed by atoms with van der Waals surface area (Å²) in [6.07, 6.45) is 9.96. The van der Waals surface area contributed by atoms with Crippen LogP contribution in [0.2, 0.25) is 0 Å². The Bertz CT molecular complexity index is 1150. The molecule has 0 saturated heterocycles. The number of rotatable bonds is 10. The standard InChI is InChI=1S/C31H37N3O3/c1-2-23-21-27(36-30(35)31(18-11-3-4-12-19-31)25-15-9-6-10-16-25)26(23)17-20-32-22-28-33-29(37-34-28)24-13-7-5-8-14-24/h2,5-10,13-16,23,26-27,32H,1,3-4,11-12,17-22H2/t23?,26?,27-/m0/s1. The summed E-state index contributed by atoms with van der Waals surface area (Å²) >= 11 is 0. The molecule has 2 aliphatic rings. The lowest BCUT2D eigenvalue weighted by atomic mass is 9.68. The monoisotopic (exact) mass is 499 g/mol. The Kier molecular flexibility index (Phi) is 8.15. The number of hydrogen-bond acceptors (Lipinski definition) is 6. The van der Waals surface area contributed by atoms with E-state index in [1.165, 1.54) is 12.8 Å². The van der Waals surface area contributed by atoms with Crippen molar-refractivity contribution in [1.29, 1.82) is 0 Å². The number of allylic oxidation sites excluding steroid dienone is 1. The van der Waals surface area contributed by atoms with Crippen LogP contribution in [0.5, 0.6) is 0 Å². The van der Waals surface area contributed by atoms with Crippen molar-refractivity contribution in [2.45, 2.75) is 69.4 Å². The third-order valence-electron chi connectivity index (χ3n) is 8.19. The van der Waals surface area contributed by atoms with Crippen LogP contribution in [0.25, 0.3) is 11.5 Å². The smallest absolute Gasteiger partial charge is 0.316 e. The fourth-order valence-electron chi connectivity index (χ4n) is 5.95. The lowest BCUT2D eigenvalue weighted by Crippen LogP contribution is -2.48. The summed E-state index contributed by atoms with van der Waals surface area (Å²) in [5.74, 6) is 1.77. The maximum atomic E-state index is 13.8. The van der Waals surface area contributed by atoms with Crippen molar-refractivity contribution in [1.82, 2.24) is 15.5 Å². The van der Waals surface area contributed by atoms with E-state index < -0.39 is 5.41 Å². The van der Waals surface area contributed by atoms with E-state index in [2.05, 4.69) is 34.2 Å². The van der Waals surface area contributed by atoms with Crippen molar-refractivity contribution in [2.24, 2.45) is 11.8 Å². The van der Waals surface area contributed by atoms with Crippen LogP contribution in [0.4, 0.5) is 0 Å². The van der Waals surface area contributed by atoms with Gasteiger partial charge in [0.2, 0.25) is 0 Å². The summed E-state index contributed by atoms with van der Waals surface area (Å²) in [6.45, 7) is 5.34. The molecule has 5 rings (SSSR count). The van der Waals surface area contributed by atoms with Gasteiger partial charge in [-0.3, -0.25) is 4.79 Å². The van der Waals surface area contributed by atoms with Gasteiger partial charge in [0.05, 0.1) is 12.0 Å². The predicted molar refractivity (Wildman–Crippen MR) is 144 cm³/mol. The molecule has 1 heterocycles. The third-order valence-corrected chi connectivity index (χ3v) is 8.19. The Morgan fingerprint density at radius 3 is 2.46 bits per heavy atom. The molecule has 0 amide bonds. The highest BCUT2D eigenvalue weighted by atomic mass is 16.5. The van der Waals surface area contributed by atoms with E-state index in [0.717, 1.165) is 56.2 Å². The van der Waals surface area contributed by atoms with Crippen molar-refractivity contribution in [3.8, 4) is 11.5 Å². The van der Waals surface area contributed by atoms with E-state index in [0.29, 0.717) is 24.2 Å². The first-order chi connectivity index (χ1) is 18.2. The average molecular weight is 500 g/mol. The highest BCUT2D eigenvalue weighted by Gasteiger charge is 2.47.